The van der Waals surface area contributed by atoms with Crippen molar-refractivity contribution in [3.63, 3.8) is 0 Å². The number of hydrogen-bond donors (Lipinski definition) is 2. The maximum Gasteiger partial charge on any atom is 0.422 e. The van der Waals surface area contributed by atoms with Crippen molar-refractivity contribution in [2.75, 3.05) is 18.6 Å². The minimum absolute atomic E-state index is 0. The highest BCUT2D eigenvalue weighted by Crippen LogP contribution is 2.35. The molecule has 1 heterocycles. The average Bonchev–Trinajstić information content (AvgIpc) is 2.99. The van der Waals surface area contributed by atoms with E-state index in [-0.39, 0.29) is 36.5 Å². The monoisotopic (exact) mass is 535 g/mol. The van der Waals surface area contributed by atoms with Crippen molar-refractivity contribution in [2.24, 2.45) is 0 Å². The Bertz CT molecular complexity index is 1270. The number of halogens is 4. The molecule has 6 nitrogen and oxygen atoms in total. The maximum atomic E-state index is 13.8. The number of hydrogen-bond acceptors (Lipinski definition) is 4. The zero-order valence-corrected chi connectivity index (χ0v) is 21.3. The number of alkyl halides is 3. The second-order valence-electron chi connectivity index (χ2n) is 8.83. The van der Waals surface area contributed by atoms with E-state index in [0.717, 1.165) is 10.9 Å². The van der Waals surface area contributed by atoms with Crippen LogP contribution in [0, 0.1) is 0 Å². The van der Waals surface area contributed by atoms with E-state index < -0.39 is 24.9 Å². The predicted molar refractivity (Wildman–Crippen MR) is 139 cm³/mol. The fraction of sp³-hybridized carbons (Fsp3) is 0.333. The molecular formula is C27H29ClF3N3O3. The normalized spacial score (nSPS) is 16.4. The molecule has 3 aromatic carbocycles. The molecule has 1 aliphatic heterocycles. The van der Waals surface area contributed by atoms with Gasteiger partial charge in [-0.25, -0.2) is 0 Å². The molecule has 2 N–H and O–H groups in total. The number of benzene rings is 3. The van der Waals surface area contributed by atoms with Gasteiger partial charge in [0.1, 0.15) is 11.8 Å². The molecule has 0 fully saturated rings. The molecule has 0 bridgehead atoms. The predicted octanol–water partition coefficient (Wildman–Crippen LogP) is 4.77. The molecule has 0 aromatic heterocycles. The quantitative estimate of drug-likeness (QED) is 0.457. The number of ether oxygens (including phenoxy) is 1. The number of nitrogens with one attached hydrogen (secondary N) is 2. The molecule has 1 aliphatic rings. The number of para-hydroxylation sites is 1. The van der Waals surface area contributed by atoms with Crippen LogP contribution in [0.1, 0.15) is 24.5 Å². The van der Waals surface area contributed by atoms with Crippen LogP contribution in [0.2, 0.25) is 0 Å². The Morgan fingerprint density at radius 3 is 2.54 bits per heavy atom. The molecule has 37 heavy (non-hydrogen) atoms. The first kappa shape index (κ1) is 28.3. The van der Waals surface area contributed by atoms with E-state index >= 15 is 0 Å². The van der Waals surface area contributed by atoms with Crippen molar-refractivity contribution in [3.8, 4) is 5.75 Å². The first-order valence-corrected chi connectivity index (χ1v) is 11.7. The Labute approximate surface area is 219 Å². The largest absolute Gasteiger partial charge is 0.484 e. The summed E-state index contributed by atoms with van der Waals surface area (Å²) in [6.07, 6.45) is -3.54. The molecule has 0 spiro atoms. The standard InChI is InChI=1S/C27H28F3N3O3.ClH/c1-17(31-2)25(34)32-22-13-11-19-8-4-6-10-23(19)33(26(22)35)15-21-20-9-5-3-7-18(20)12-14-24(21)36-16-27(28,29)30;/h3-10,12,14,17,22,31H,11,13,15-16H2,1-2H3,(H,32,34);1H. The number of carbonyl (C=O) groups excluding carboxylic acids is 2. The van der Waals surface area contributed by atoms with Crippen LogP contribution in [0.5, 0.6) is 5.75 Å². The number of rotatable bonds is 7. The van der Waals surface area contributed by atoms with E-state index in [1.165, 1.54) is 6.07 Å². The van der Waals surface area contributed by atoms with Crippen LogP contribution in [0.4, 0.5) is 18.9 Å². The number of aryl methyl sites for hydroxylation is 1. The number of fused-ring (bicyclic) bond motifs is 2. The van der Waals surface area contributed by atoms with Crippen LogP contribution in [-0.2, 0) is 22.6 Å². The van der Waals surface area contributed by atoms with Crippen molar-refractivity contribution >= 4 is 40.7 Å². The molecule has 4 rings (SSSR count). The van der Waals surface area contributed by atoms with Crippen molar-refractivity contribution in [2.45, 2.75) is 44.6 Å². The Balaban J connectivity index is 0.00000380. The number of likely N-dealkylation sites (N-methyl/N-ethyl adjacent to an activating group) is 1. The Morgan fingerprint density at radius 2 is 1.81 bits per heavy atom. The first-order valence-electron chi connectivity index (χ1n) is 11.7. The van der Waals surface area contributed by atoms with Crippen LogP contribution in [0.3, 0.4) is 0 Å². The topological polar surface area (TPSA) is 70.7 Å². The summed E-state index contributed by atoms with van der Waals surface area (Å²) in [4.78, 5) is 27.9. The zero-order chi connectivity index (χ0) is 25.9. The van der Waals surface area contributed by atoms with Crippen LogP contribution in [0.15, 0.2) is 60.7 Å². The fourth-order valence-electron chi connectivity index (χ4n) is 4.37. The average molecular weight is 536 g/mol. The number of anilines is 1. The van der Waals surface area contributed by atoms with Crippen LogP contribution >= 0.6 is 12.4 Å². The summed E-state index contributed by atoms with van der Waals surface area (Å²) in [6, 6.07) is 16.6. The molecule has 0 radical (unpaired) electrons. The van der Waals surface area contributed by atoms with Gasteiger partial charge in [0, 0.05) is 11.3 Å². The SMILES string of the molecule is CNC(C)C(=O)NC1CCc2ccccc2N(Cc2c(OCC(F)(F)F)ccc3ccccc23)C1=O.Cl. The van der Waals surface area contributed by atoms with E-state index in [9.17, 15) is 22.8 Å². The lowest BCUT2D eigenvalue weighted by atomic mass is 10.0. The highest BCUT2D eigenvalue weighted by Gasteiger charge is 2.34. The minimum Gasteiger partial charge on any atom is -0.484 e. The zero-order valence-electron chi connectivity index (χ0n) is 20.5. The van der Waals surface area contributed by atoms with E-state index in [0.29, 0.717) is 29.5 Å². The third kappa shape index (κ3) is 6.53. The third-order valence-corrected chi connectivity index (χ3v) is 6.40. The Kier molecular flexibility index (Phi) is 9.04. The van der Waals surface area contributed by atoms with Gasteiger partial charge in [0.2, 0.25) is 11.8 Å². The maximum absolute atomic E-state index is 13.8. The molecule has 2 amide bonds. The molecule has 2 unspecified atom stereocenters. The highest BCUT2D eigenvalue weighted by atomic mass is 35.5. The van der Waals surface area contributed by atoms with E-state index in [1.807, 2.05) is 36.4 Å². The molecule has 0 aliphatic carbocycles. The van der Waals surface area contributed by atoms with Gasteiger partial charge in [-0.15, -0.1) is 12.4 Å². The summed E-state index contributed by atoms with van der Waals surface area (Å²) >= 11 is 0. The molecule has 2 atom stereocenters. The van der Waals surface area contributed by atoms with Crippen molar-refractivity contribution in [1.29, 1.82) is 0 Å². The Morgan fingerprint density at radius 1 is 1.11 bits per heavy atom. The van der Waals surface area contributed by atoms with Crippen molar-refractivity contribution in [3.05, 3.63) is 71.8 Å². The number of carbonyl (C=O) groups is 2. The first-order chi connectivity index (χ1) is 17.2. The number of nitrogens with zero attached hydrogens (tertiary/aromatic N) is 1. The summed E-state index contributed by atoms with van der Waals surface area (Å²) in [5, 5.41) is 7.20. The van der Waals surface area contributed by atoms with E-state index in [4.69, 9.17) is 4.74 Å². The van der Waals surface area contributed by atoms with Crippen molar-refractivity contribution < 1.29 is 27.5 Å². The van der Waals surface area contributed by atoms with Crippen LogP contribution in [-0.4, -0.2) is 43.7 Å². The molecule has 10 heteroatoms. The van der Waals surface area contributed by atoms with Gasteiger partial charge in [-0.05, 0) is 55.3 Å². The van der Waals surface area contributed by atoms with Gasteiger partial charge in [0.15, 0.2) is 6.61 Å². The molecular weight excluding hydrogens is 507 g/mol. The van der Waals surface area contributed by atoms with Gasteiger partial charge in [-0.1, -0.05) is 48.5 Å². The molecule has 0 saturated heterocycles. The minimum atomic E-state index is -4.51. The smallest absolute Gasteiger partial charge is 0.422 e. The second kappa shape index (κ2) is 11.8. The lowest BCUT2D eigenvalue weighted by molar-refractivity contribution is -0.153. The summed E-state index contributed by atoms with van der Waals surface area (Å²) in [5.74, 6) is -0.572. The summed E-state index contributed by atoms with van der Waals surface area (Å²) in [7, 11) is 1.66. The van der Waals surface area contributed by atoms with Crippen molar-refractivity contribution in [1.82, 2.24) is 10.6 Å². The van der Waals surface area contributed by atoms with Gasteiger partial charge in [-0.3, -0.25) is 9.59 Å². The lowest BCUT2D eigenvalue weighted by Gasteiger charge is -2.28. The lowest BCUT2D eigenvalue weighted by Crippen LogP contribution is -2.52. The van der Waals surface area contributed by atoms with Crippen LogP contribution in [0.25, 0.3) is 10.8 Å². The fourth-order valence-corrected chi connectivity index (χ4v) is 4.37. The number of amides is 2. The van der Waals surface area contributed by atoms with Gasteiger partial charge in [0.25, 0.3) is 0 Å². The molecule has 198 valence electrons. The van der Waals surface area contributed by atoms with Gasteiger partial charge >= 0.3 is 6.18 Å². The van der Waals surface area contributed by atoms with Gasteiger partial charge in [0.05, 0.1) is 12.6 Å². The van der Waals surface area contributed by atoms with Gasteiger partial charge < -0.3 is 20.3 Å². The summed E-state index contributed by atoms with van der Waals surface area (Å²) in [5.41, 5.74) is 2.05. The second-order valence-corrected chi connectivity index (χ2v) is 8.83. The summed E-state index contributed by atoms with van der Waals surface area (Å²) in [6.45, 7) is 0.241. The highest BCUT2D eigenvalue weighted by molar-refractivity contribution is 6.01. The molecule has 3 aromatic rings. The third-order valence-electron chi connectivity index (χ3n) is 6.40. The summed E-state index contributed by atoms with van der Waals surface area (Å²) < 4.78 is 44.2. The van der Waals surface area contributed by atoms with Gasteiger partial charge in [-0.2, -0.15) is 13.2 Å². The van der Waals surface area contributed by atoms with Crippen LogP contribution < -0.4 is 20.3 Å². The van der Waals surface area contributed by atoms with E-state index in [1.54, 1.807) is 37.1 Å². The molecule has 0 saturated carbocycles. The Hall–Kier alpha value is -3.30. The van der Waals surface area contributed by atoms with E-state index in [2.05, 4.69) is 10.6 Å².